The van der Waals surface area contributed by atoms with Crippen molar-refractivity contribution in [2.75, 3.05) is 19.7 Å². The molecule has 1 N–H and O–H groups in total. The van der Waals surface area contributed by atoms with E-state index in [1.54, 1.807) is 4.90 Å². The quantitative estimate of drug-likeness (QED) is 0.867. The van der Waals surface area contributed by atoms with Crippen LogP contribution in [0.4, 0.5) is 0 Å². The maximum atomic E-state index is 13.1. The number of carbonyl (C=O) groups excluding carboxylic acids is 2. The smallest absolute Gasteiger partial charge is 0.254 e. The molecule has 1 aliphatic rings. The van der Waals surface area contributed by atoms with Crippen LogP contribution in [0.25, 0.3) is 11.1 Å². The van der Waals surface area contributed by atoms with E-state index in [4.69, 9.17) is 4.74 Å². The van der Waals surface area contributed by atoms with Crippen molar-refractivity contribution >= 4 is 11.8 Å². The van der Waals surface area contributed by atoms with E-state index in [9.17, 15) is 9.59 Å². The van der Waals surface area contributed by atoms with Crippen LogP contribution in [0.1, 0.15) is 26.3 Å². The number of hydrogen-bond donors (Lipinski definition) is 1. The summed E-state index contributed by atoms with van der Waals surface area (Å²) in [5.41, 5.74) is 2.14. The van der Waals surface area contributed by atoms with Gasteiger partial charge in [-0.25, -0.2) is 0 Å². The number of hydrogen-bond acceptors (Lipinski definition) is 3. The number of nitrogens with zero attached hydrogens (tertiary/aromatic N) is 1. The molecule has 1 fully saturated rings. The Balaban J connectivity index is 1.91. The number of carbonyl (C=O) groups is 2. The lowest BCUT2D eigenvalue weighted by atomic mass is 9.89. The van der Waals surface area contributed by atoms with Crippen molar-refractivity contribution in [1.29, 1.82) is 0 Å². The van der Waals surface area contributed by atoms with E-state index < -0.39 is 5.60 Å². The van der Waals surface area contributed by atoms with E-state index in [-0.39, 0.29) is 24.4 Å². The van der Waals surface area contributed by atoms with Crippen molar-refractivity contribution in [2.24, 2.45) is 0 Å². The predicted octanol–water partition coefficient (Wildman–Crippen LogP) is 3.04. The first-order chi connectivity index (χ1) is 13.4. The molecule has 3 rings (SSSR count). The van der Waals surface area contributed by atoms with Gasteiger partial charge in [-0.3, -0.25) is 9.59 Å². The lowest BCUT2D eigenvalue weighted by molar-refractivity contribution is -0.165. The molecule has 2 aromatic rings. The lowest BCUT2D eigenvalue weighted by Crippen LogP contribution is -2.62. The molecule has 0 spiro atoms. The van der Waals surface area contributed by atoms with Gasteiger partial charge in [-0.05, 0) is 30.5 Å². The zero-order chi connectivity index (χ0) is 20.1. The molecule has 148 valence electrons. The van der Waals surface area contributed by atoms with Gasteiger partial charge in [0.15, 0.2) is 5.60 Å². The van der Waals surface area contributed by atoms with Crippen LogP contribution < -0.4 is 5.32 Å². The molecule has 5 heteroatoms. The summed E-state index contributed by atoms with van der Waals surface area (Å²) in [4.78, 5) is 26.7. The van der Waals surface area contributed by atoms with E-state index in [1.807, 2.05) is 44.2 Å². The van der Waals surface area contributed by atoms with Gasteiger partial charge in [-0.2, -0.15) is 0 Å². The van der Waals surface area contributed by atoms with Crippen LogP contribution in [0.5, 0.6) is 0 Å². The standard InChI is InChI=1S/C23H28N2O3/c1-17(2)24-22(27)23(16-25(18(3)26)12-13-28-23)15-19-8-7-11-21(14-19)20-9-5-4-6-10-20/h4-11,14,17H,12-13,15-16H2,1-3H3,(H,24,27)/t23-/m1/s1. The van der Waals surface area contributed by atoms with E-state index in [2.05, 4.69) is 29.6 Å². The Morgan fingerprint density at radius 3 is 2.50 bits per heavy atom. The second-order valence-electron chi connectivity index (χ2n) is 7.65. The molecule has 1 atom stereocenters. The third kappa shape index (κ3) is 4.60. The van der Waals surface area contributed by atoms with Crippen LogP contribution in [-0.2, 0) is 20.7 Å². The van der Waals surface area contributed by atoms with Crippen LogP contribution >= 0.6 is 0 Å². The molecule has 2 amide bonds. The van der Waals surface area contributed by atoms with Gasteiger partial charge in [-0.15, -0.1) is 0 Å². The molecule has 0 bridgehead atoms. The Morgan fingerprint density at radius 1 is 1.11 bits per heavy atom. The minimum Gasteiger partial charge on any atom is -0.361 e. The van der Waals surface area contributed by atoms with Gasteiger partial charge < -0.3 is 15.0 Å². The van der Waals surface area contributed by atoms with Crippen LogP contribution in [0.2, 0.25) is 0 Å². The number of morpholine rings is 1. The van der Waals surface area contributed by atoms with E-state index in [1.165, 1.54) is 6.92 Å². The van der Waals surface area contributed by atoms with Gasteiger partial charge >= 0.3 is 0 Å². The van der Waals surface area contributed by atoms with Crippen LogP contribution in [0.15, 0.2) is 54.6 Å². The summed E-state index contributed by atoms with van der Waals surface area (Å²) in [6.45, 7) is 6.50. The largest absolute Gasteiger partial charge is 0.361 e. The fourth-order valence-electron chi connectivity index (χ4n) is 3.59. The molecule has 0 unspecified atom stereocenters. The maximum absolute atomic E-state index is 13.1. The second-order valence-corrected chi connectivity index (χ2v) is 7.65. The third-order valence-corrected chi connectivity index (χ3v) is 4.99. The first-order valence-corrected chi connectivity index (χ1v) is 9.74. The summed E-state index contributed by atoms with van der Waals surface area (Å²) in [6.07, 6.45) is 0.413. The molecular weight excluding hydrogens is 352 g/mol. The van der Waals surface area contributed by atoms with Crippen LogP contribution in [0, 0.1) is 0 Å². The monoisotopic (exact) mass is 380 g/mol. The summed E-state index contributed by atoms with van der Waals surface area (Å²) in [5, 5.41) is 2.98. The fourth-order valence-corrected chi connectivity index (χ4v) is 3.59. The van der Waals surface area contributed by atoms with Crippen LogP contribution in [0.3, 0.4) is 0 Å². The maximum Gasteiger partial charge on any atom is 0.254 e. The SMILES string of the molecule is CC(=O)N1CCO[C@@](Cc2cccc(-c3ccccc3)c2)(C(=O)NC(C)C)C1. The first kappa shape index (κ1) is 20.1. The van der Waals surface area contributed by atoms with Crippen molar-refractivity contribution in [2.45, 2.75) is 38.8 Å². The van der Waals surface area contributed by atoms with Crippen molar-refractivity contribution in [3.63, 3.8) is 0 Å². The minimum absolute atomic E-state index is 0.00340. The van der Waals surface area contributed by atoms with Crippen molar-refractivity contribution in [3.8, 4) is 11.1 Å². The highest BCUT2D eigenvalue weighted by Crippen LogP contribution is 2.27. The average Bonchev–Trinajstić information content (AvgIpc) is 2.68. The Bertz CT molecular complexity index is 835. The summed E-state index contributed by atoms with van der Waals surface area (Å²) in [7, 11) is 0. The van der Waals surface area contributed by atoms with Gasteiger partial charge in [0, 0.05) is 25.9 Å². The molecule has 1 saturated heterocycles. The van der Waals surface area contributed by atoms with Crippen LogP contribution in [-0.4, -0.2) is 48.1 Å². The molecule has 1 aliphatic heterocycles. The second kappa shape index (κ2) is 8.57. The summed E-state index contributed by atoms with van der Waals surface area (Å²) in [5.74, 6) is -0.207. The van der Waals surface area contributed by atoms with E-state index in [0.717, 1.165) is 16.7 Å². The Morgan fingerprint density at radius 2 is 1.82 bits per heavy atom. The molecule has 0 aliphatic carbocycles. The minimum atomic E-state index is -1.08. The molecule has 5 nitrogen and oxygen atoms in total. The van der Waals surface area contributed by atoms with Crippen molar-refractivity contribution < 1.29 is 14.3 Å². The van der Waals surface area contributed by atoms with Crippen molar-refractivity contribution in [3.05, 3.63) is 60.2 Å². The zero-order valence-electron chi connectivity index (χ0n) is 16.8. The highest BCUT2D eigenvalue weighted by atomic mass is 16.5. The number of ether oxygens (including phenoxy) is 1. The number of rotatable bonds is 5. The van der Waals surface area contributed by atoms with Crippen molar-refractivity contribution in [1.82, 2.24) is 10.2 Å². The third-order valence-electron chi connectivity index (χ3n) is 4.99. The topological polar surface area (TPSA) is 58.6 Å². The predicted molar refractivity (Wildman–Crippen MR) is 110 cm³/mol. The zero-order valence-corrected chi connectivity index (χ0v) is 16.8. The molecule has 0 radical (unpaired) electrons. The molecule has 2 aromatic carbocycles. The summed E-state index contributed by atoms with van der Waals surface area (Å²) in [6, 6.07) is 18.3. The summed E-state index contributed by atoms with van der Waals surface area (Å²) < 4.78 is 6.05. The Labute approximate surface area is 166 Å². The van der Waals surface area contributed by atoms with Gasteiger partial charge in [0.2, 0.25) is 5.91 Å². The molecule has 28 heavy (non-hydrogen) atoms. The first-order valence-electron chi connectivity index (χ1n) is 9.74. The van der Waals surface area contributed by atoms with E-state index in [0.29, 0.717) is 19.6 Å². The highest BCUT2D eigenvalue weighted by molar-refractivity contribution is 5.87. The average molecular weight is 380 g/mol. The highest BCUT2D eigenvalue weighted by Gasteiger charge is 2.44. The number of nitrogens with one attached hydrogen (secondary N) is 1. The normalized spacial score (nSPS) is 19.5. The number of benzene rings is 2. The van der Waals surface area contributed by atoms with Gasteiger partial charge in [0.25, 0.3) is 5.91 Å². The van der Waals surface area contributed by atoms with Gasteiger partial charge in [0.1, 0.15) is 0 Å². The summed E-state index contributed by atoms with van der Waals surface area (Å²) >= 11 is 0. The molecular formula is C23H28N2O3. The van der Waals surface area contributed by atoms with Gasteiger partial charge in [-0.1, -0.05) is 54.6 Å². The molecule has 0 aromatic heterocycles. The molecule has 0 saturated carbocycles. The Hall–Kier alpha value is -2.66. The fraction of sp³-hybridized carbons (Fsp3) is 0.391. The Kier molecular flexibility index (Phi) is 6.15. The van der Waals surface area contributed by atoms with E-state index >= 15 is 0 Å². The number of amides is 2. The van der Waals surface area contributed by atoms with Gasteiger partial charge in [0.05, 0.1) is 13.2 Å². The molecule has 1 heterocycles. The lowest BCUT2D eigenvalue weighted by Gasteiger charge is -2.41.